The van der Waals surface area contributed by atoms with Crippen molar-refractivity contribution in [3.8, 4) is 0 Å². The molecule has 0 spiro atoms. The van der Waals surface area contributed by atoms with Gasteiger partial charge in [0.2, 0.25) is 0 Å². The molecule has 1 rings (SSSR count). The van der Waals surface area contributed by atoms with E-state index in [-0.39, 0.29) is 0 Å². The van der Waals surface area contributed by atoms with Gasteiger partial charge in [-0.15, -0.1) is 0 Å². The van der Waals surface area contributed by atoms with Crippen LogP contribution in [0, 0.1) is 0 Å². The maximum absolute atomic E-state index is 3.82. The van der Waals surface area contributed by atoms with Crippen LogP contribution in [-0.2, 0) is 6.42 Å². The monoisotopic (exact) mass is 134 g/mol. The molecule has 1 aromatic rings. The van der Waals surface area contributed by atoms with Crippen molar-refractivity contribution in [3.05, 3.63) is 42.8 Å². The minimum atomic E-state index is 0.895. The van der Waals surface area contributed by atoms with Gasteiger partial charge in [0, 0.05) is 18.3 Å². The fourth-order valence-corrected chi connectivity index (χ4v) is 0.690. The Balaban J connectivity index is 2.41. The second-order valence-electron chi connectivity index (χ2n) is 1.95. The van der Waals surface area contributed by atoms with E-state index >= 15 is 0 Å². The molecule has 2 heteroatoms. The van der Waals surface area contributed by atoms with Crippen LogP contribution in [0.15, 0.2) is 37.1 Å². The van der Waals surface area contributed by atoms with Crippen molar-refractivity contribution in [2.45, 2.75) is 6.42 Å². The first-order valence-electron chi connectivity index (χ1n) is 3.19. The fraction of sp³-hybridized carbons (Fsp3) is 0.125. The van der Waals surface area contributed by atoms with Gasteiger partial charge in [-0.25, -0.2) is 0 Å². The zero-order valence-electron chi connectivity index (χ0n) is 5.75. The van der Waals surface area contributed by atoms with Crippen LogP contribution in [0.5, 0.6) is 0 Å². The Hall–Kier alpha value is -1.31. The number of nitrogens with one attached hydrogen (secondary N) is 1. The third-order valence-corrected chi connectivity index (χ3v) is 1.17. The lowest BCUT2D eigenvalue weighted by Crippen LogP contribution is -1.78. The third kappa shape index (κ3) is 1.90. The molecule has 0 aromatic carbocycles. The highest BCUT2D eigenvalue weighted by molar-refractivity contribution is 5.07. The van der Waals surface area contributed by atoms with Crippen LogP contribution >= 0.6 is 0 Å². The summed E-state index contributed by atoms with van der Waals surface area (Å²) in [5.74, 6) is 0. The standard InChI is InChI=1S/C8H10N2/c1-2-3-4-5-8-6-7-9-10-8/h2-4,6-7H,1,5H2,(H,9,10). The van der Waals surface area contributed by atoms with E-state index < -0.39 is 0 Å². The van der Waals surface area contributed by atoms with Gasteiger partial charge in [0.15, 0.2) is 0 Å². The van der Waals surface area contributed by atoms with Crippen LogP contribution in [0.2, 0.25) is 0 Å². The summed E-state index contributed by atoms with van der Waals surface area (Å²) in [4.78, 5) is 0. The van der Waals surface area contributed by atoms with Crippen molar-refractivity contribution in [2.75, 3.05) is 0 Å². The lowest BCUT2D eigenvalue weighted by atomic mass is 10.3. The van der Waals surface area contributed by atoms with E-state index in [4.69, 9.17) is 0 Å². The zero-order chi connectivity index (χ0) is 7.23. The maximum Gasteiger partial charge on any atom is 0.0490 e. The van der Waals surface area contributed by atoms with Crippen molar-refractivity contribution in [1.29, 1.82) is 0 Å². The van der Waals surface area contributed by atoms with Crippen molar-refractivity contribution >= 4 is 0 Å². The molecule has 0 fully saturated rings. The van der Waals surface area contributed by atoms with Gasteiger partial charge in [-0.2, -0.15) is 5.10 Å². The molecule has 0 aliphatic rings. The second kappa shape index (κ2) is 3.67. The fourth-order valence-electron chi connectivity index (χ4n) is 0.690. The van der Waals surface area contributed by atoms with Gasteiger partial charge in [-0.05, 0) is 6.07 Å². The Kier molecular flexibility index (Phi) is 2.49. The molecule has 2 nitrogen and oxygen atoms in total. The van der Waals surface area contributed by atoms with E-state index in [9.17, 15) is 0 Å². The minimum absolute atomic E-state index is 0.895. The number of rotatable bonds is 3. The second-order valence-corrected chi connectivity index (χ2v) is 1.95. The predicted octanol–water partition coefficient (Wildman–Crippen LogP) is 1.69. The Morgan fingerprint density at radius 1 is 1.70 bits per heavy atom. The third-order valence-electron chi connectivity index (χ3n) is 1.17. The molecular weight excluding hydrogens is 124 g/mol. The van der Waals surface area contributed by atoms with E-state index in [1.54, 1.807) is 12.3 Å². The van der Waals surface area contributed by atoms with E-state index in [0.29, 0.717) is 0 Å². The number of hydrogen-bond donors (Lipinski definition) is 1. The molecule has 10 heavy (non-hydrogen) atoms. The Morgan fingerprint density at radius 3 is 3.20 bits per heavy atom. The smallest absolute Gasteiger partial charge is 0.0490 e. The normalized spacial score (nSPS) is 10.4. The highest BCUT2D eigenvalue weighted by Crippen LogP contribution is 1.93. The lowest BCUT2D eigenvalue weighted by molar-refractivity contribution is 1.01. The summed E-state index contributed by atoms with van der Waals surface area (Å²) in [5.41, 5.74) is 1.12. The van der Waals surface area contributed by atoms with Crippen LogP contribution in [-0.4, -0.2) is 10.2 Å². The summed E-state index contributed by atoms with van der Waals surface area (Å²) in [6.07, 6.45) is 8.35. The summed E-state index contributed by atoms with van der Waals surface area (Å²) < 4.78 is 0. The number of aromatic amines is 1. The van der Waals surface area contributed by atoms with Crippen LogP contribution in [0.3, 0.4) is 0 Å². The lowest BCUT2D eigenvalue weighted by Gasteiger charge is -1.84. The van der Waals surface area contributed by atoms with Gasteiger partial charge in [-0.1, -0.05) is 24.8 Å². The molecular formula is C8H10N2. The molecule has 0 bridgehead atoms. The largest absolute Gasteiger partial charge is 0.282 e. The average Bonchev–Trinajstić information content (AvgIpc) is 2.41. The Morgan fingerprint density at radius 2 is 2.60 bits per heavy atom. The maximum atomic E-state index is 3.82. The summed E-state index contributed by atoms with van der Waals surface area (Å²) in [5, 5.41) is 6.68. The van der Waals surface area contributed by atoms with Crippen molar-refractivity contribution in [2.24, 2.45) is 0 Å². The molecule has 0 aliphatic carbocycles. The molecule has 0 aliphatic heterocycles. The van der Waals surface area contributed by atoms with Crippen LogP contribution in [0.1, 0.15) is 5.69 Å². The predicted molar refractivity (Wildman–Crippen MR) is 41.6 cm³/mol. The molecule has 0 saturated heterocycles. The number of nitrogens with zero attached hydrogens (tertiary/aromatic N) is 1. The molecule has 1 heterocycles. The van der Waals surface area contributed by atoms with E-state index in [0.717, 1.165) is 12.1 Å². The van der Waals surface area contributed by atoms with Crippen molar-refractivity contribution < 1.29 is 0 Å². The molecule has 0 atom stereocenters. The van der Waals surface area contributed by atoms with Crippen molar-refractivity contribution in [1.82, 2.24) is 10.2 Å². The van der Waals surface area contributed by atoms with E-state index in [1.165, 1.54) is 0 Å². The highest BCUT2D eigenvalue weighted by atomic mass is 15.1. The van der Waals surface area contributed by atoms with Crippen LogP contribution in [0.25, 0.3) is 0 Å². The molecule has 0 amide bonds. The summed E-state index contributed by atoms with van der Waals surface area (Å²) in [6.45, 7) is 3.57. The quantitative estimate of drug-likeness (QED) is 0.626. The van der Waals surface area contributed by atoms with Gasteiger partial charge < -0.3 is 0 Å². The average molecular weight is 134 g/mol. The first kappa shape index (κ1) is 6.81. The number of H-pyrrole nitrogens is 1. The number of aromatic nitrogens is 2. The van der Waals surface area contributed by atoms with Crippen LogP contribution < -0.4 is 0 Å². The first-order valence-corrected chi connectivity index (χ1v) is 3.19. The summed E-state index contributed by atoms with van der Waals surface area (Å²) in [6, 6.07) is 1.95. The molecule has 0 saturated carbocycles. The van der Waals surface area contributed by atoms with Gasteiger partial charge in [0.1, 0.15) is 0 Å². The Labute approximate surface area is 60.3 Å². The van der Waals surface area contributed by atoms with Crippen molar-refractivity contribution in [3.63, 3.8) is 0 Å². The van der Waals surface area contributed by atoms with Gasteiger partial charge in [-0.3, -0.25) is 5.10 Å². The van der Waals surface area contributed by atoms with E-state index in [1.807, 2.05) is 18.2 Å². The molecule has 1 aromatic heterocycles. The summed E-state index contributed by atoms with van der Waals surface area (Å²) >= 11 is 0. The molecule has 52 valence electrons. The topological polar surface area (TPSA) is 28.7 Å². The number of hydrogen-bond acceptors (Lipinski definition) is 1. The van der Waals surface area contributed by atoms with Crippen LogP contribution in [0.4, 0.5) is 0 Å². The number of allylic oxidation sites excluding steroid dienone is 3. The van der Waals surface area contributed by atoms with Gasteiger partial charge in [0.05, 0.1) is 0 Å². The van der Waals surface area contributed by atoms with Gasteiger partial charge >= 0.3 is 0 Å². The van der Waals surface area contributed by atoms with E-state index in [2.05, 4.69) is 16.8 Å². The molecule has 0 radical (unpaired) electrons. The Bertz CT molecular complexity index is 209. The molecule has 0 unspecified atom stereocenters. The zero-order valence-corrected chi connectivity index (χ0v) is 5.75. The van der Waals surface area contributed by atoms with Gasteiger partial charge in [0.25, 0.3) is 0 Å². The first-order chi connectivity index (χ1) is 4.93. The highest BCUT2D eigenvalue weighted by Gasteiger charge is 1.85. The minimum Gasteiger partial charge on any atom is -0.282 e. The summed E-state index contributed by atoms with van der Waals surface area (Å²) in [7, 11) is 0. The SMILES string of the molecule is C=CC=CCc1ccn[nH]1. The molecule has 1 N–H and O–H groups in total.